The van der Waals surface area contributed by atoms with Gasteiger partial charge in [0.25, 0.3) is 11.8 Å². The predicted molar refractivity (Wildman–Crippen MR) is 114 cm³/mol. The topological polar surface area (TPSA) is 61.9 Å². The second-order valence-corrected chi connectivity index (χ2v) is 7.65. The van der Waals surface area contributed by atoms with Crippen LogP contribution in [0.25, 0.3) is 0 Å². The molecule has 6 nitrogen and oxygen atoms in total. The van der Waals surface area contributed by atoms with Gasteiger partial charge in [0.05, 0.1) is 18.4 Å². The van der Waals surface area contributed by atoms with E-state index >= 15 is 0 Å². The molecule has 1 saturated heterocycles. The van der Waals surface area contributed by atoms with Gasteiger partial charge < -0.3 is 19.9 Å². The first-order chi connectivity index (χ1) is 14.5. The van der Waals surface area contributed by atoms with Crippen LogP contribution < -0.4 is 15.0 Å². The van der Waals surface area contributed by atoms with Gasteiger partial charge in [0, 0.05) is 30.4 Å². The second-order valence-electron chi connectivity index (χ2n) is 7.65. The Morgan fingerprint density at radius 1 is 1.20 bits per heavy atom. The second kappa shape index (κ2) is 8.34. The van der Waals surface area contributed by atoms with E-state index in [2.05, 4.69) is 17.1 Å². The number of methoxy groups -OCH3 is 1. The van der Waals surface area contributed by atoms with E-state index in [0.29, 0.717) is 16.8 Å². The van der Waals surface area contributed by atoms with Gasteiger partial charge in [-0.2, -0.15) is 0 Å². The van der Waals surface area contributed by atoms with E-state index in [1.165, 1.54) is 19.2 Å². The number of hydrogen-bond acceptors (Lipinski definition) is 4. The van der Waals surface area contributed by atoms with Crippen LogP contribution in [0.3, 0.4) is 0 Å². The normalized spacial score (nSPS) is 18.4. The summed E-state index contributed by atoms with van der Waals surface area (Å²) in [4.78, 5) is 30.1. The quantitative estimate of drug-likeness (QED) is 0.816. The fourth-order valence-electron chi connectivity index (χ4n) is 4.39. The summed E-state index contributed by atoms with van der Waals surface area (Å²) in [5.74, 6) is -0.747. The van der Waals surface area contributed by atoms with E-state index in [0.717, 1.165) is 44.5 Å². The van der Waals surface area contributed by atoms with Gasteiger partial charge in [0.1, 0.15) is 6.17 Å². The zero-order valence-electron chi connectivity index (χ0n) is 17.3. The third-order valence-corrected chi connectivity index (χ3v) is 5.89. The molecule has 30 heavy (non-hydrogen) atoms. The number of benzene rings is 2. The minimum atomic E-state index is -0.544. The Morgan fingerprint density at radius 2 is 2.03 bits per heavy atom. The van der Waals surface area contributed by atoms with Crippen molar-refractivity contribution in [3.8, 4) is 5.75 Å². The van der Waals surface area contributed by atoms with Gasteiger partial charge in [-0.25, -0.2) is 4.39 Å². The van der Waals surface area contributed by atoms with Gasteiger partial charge >= 0.3 is 0 Å². The fraction of sp³-hybridized carbons (Fsp3) is 0.391. The zero-order valence-corrected chi connectivity index (χ0v) is 17.3. The maximum Gasteiger partial charge on any atom is 0.257 e. The van der Waals surface area contributed by atoms with Crippen LogP contribution in [0.5, 0.6) is 5.75 Å². The summed E-state index contributed by atoms with van der Waals surface area (Å²) < 4.78 is 18.8. The van der Waals surface area contributed by atoms with Crippen LogP contribution >= 0.6 is 0 Å². The van der Waals surface area contributed by atoms with Gasteiger partial charge in [-0.3, -0.25) is 9.59 Å². The molecule has 1 atom stereocenters. The molecule has 2 aromatic rings. The van der Waals surface area contributed by atoms with E-state index in [-0.39, 0.29) is 23.7 Å². The number of fused-ring (bicyclic) bond motifs is 2. The third-order valence-electron chi connectivity index (χ3n) is 5.89. The van der Waals surface area contributed by atoms with Crippen molar-refractivity contribution in [1.29, 1.82) is 0 Å². The first-order valence-electron chi connectivity index (χ1n) is 10.4. The molecule has 2 aliphatic rings. The summed E-state index contributed by atoms with van der Waals surface area (Å²) in [6.45, 7) is 3.58. The number of amides is 2. The van der Waals surface area contributed by atoms with Gasteiger partial charge in [0.2, 0.25) is 0 Å². The lowest BCUT2D eigenvalue weighted by atomic mass is 10.0. The molecule has 0 aromatic heterocycles. The molecular formula is C23H26FN3O3. The van der Waals surface area contributed by atoms with Crippen LogP contribution in [0.2, 0.25) is 0 Å². The standard InChI is InChI=1S/C23H26FN3O3/c1-3-26-19-13-15(22(28)25-16-9-11-20(30-2)18(24)14-16)8-10-17(19)23(29)27-12-6-4-5-7-21(26)27/h8-11,13-14,21H,3-7,12H2,1-2H3,(H,25,28)/t21-/m0/s1. The first-order valence-corrected chi connectivity index (χ1v) is 10.4. The van der Waals surface area contributed by atoms with Gasteiger partial charge in [-0.05, 0) is 56.5 Å². The van der Waals surface area contributed by atoms with Crippen molar-refractivity contribution in [3.63, 3.8) is 0 Å². The molecule has 0 radical (unpaired) electrons. The number of halogens is 1. The minimum Gasteiger partial charge on any atom is -0.494 e. The van der Waals surface area contributed by atoms with Crippen molar-refractivity contribution in [1.82, 2.24) is 4.90 Å². The number of hydrogen-bond donors (Lipinski definition) is 1. The molecule has 2 aliphatic heterocycles. The van der Waals surface area contributed by atoms with Crippen molar-refractivity contribution >= 4 is 23.2 Å². The number of carbonyl (C=O) groups is 2. The number of ether oxygens (including phenoxy) is 1. The smallest absolute Gasteiger partial charge is 0.257 e. The molecule has 1 N–H and O–H groups in total. The van der Waals surface area contributed by atoms with E-state index in [4.69, 9.17) is 4.74 Å². The lowest BCUT2D eigenvalue weighted by Crippen LogP contribution is -2.55. The van der Waals surface area contributed by atoms with E-state index in [1.54, 1.807) is 24.3 Å². The molecule has 0 saturated carbocycles. The molecule has 0 aliphatic carbocycles. The van der Waals surface area contributed by atoms with Crippen LogP contribution in [0.4, 0.5) is 15.8 Å². The average Bonchev–Trinajstić information content (AvgIpc) is 3.00. The van der Waals surface area contributed by atoms with Crippen LogP contribution in [0, 0.1) is 5.82 Å². The highest BCUT2D eigenvalue weighted by Crippen LogP contribution is 2.35. The molecular weight excluding hydrogens is 385 g/mol. The highest BCUT2D eigenvalue weighted by atomic mass is 19.1. The van der Waals surface area contributed by atoms with Crippen molar-refractivity contribution in [2.45, 2.75) is 38.8 Å². The Bertz CT molecular complexity index is 978. The van der Waals surface area contributed by atoms with Crippen molar-refractivity contribution in [2.75, 3.05) is 30.4 Å². The van der Waals surface area contributed by atoms with E-state index in [1.807, 2.05) is 4.90 Å². The Labute approximate surface area is 175 Å². The molecule has 0 spiro atoms. The molecule has 4 rings (SSSR count). The number of anilines is 2. The largest absolute Gasteiger partial charge is 0.494 e. The van der Waals surface area contributed by atoms with Crippen LogP contribution in [-0.4, -0.2) is 43.1 Å². The summed E-state index contributed by atoms with van der Waals surface area (Å²) in [5, 5.41) is 2.72. The van der Waals surface area contributed by atoms with Crippen molar-refractivity contribution in [3.05, 3.63) is 53.3 Å². The van der Waals surface area contributed by atoms with Gasteiger partial charge in [-0.1, -0.05) is 6.42 Å². The van der Waals surface area contributed by atoms with Crippen molar-refractivity contribution < 1.29 is 18.7 Å². The average molecular weight is 411 g/mol. The maximum absolute atomic E-state index is 13.9. The summed E-state index contributed by atoms with van der Waals surface area (Å²) in [6, 6.07) is 9.43. The third kappa shape index (κ3) is 3.60. The van der Waals surface area contributed by atoms with E-state index < -0.39 is 5.82 Å². The summed E-state index contributed by atoms with van der Waals surface area (Å²) >= 11 is 0. The summed E-state index contributed by atoms with van der Waals surface area (Å²) in [7, 11) is 1.39. The Morgan fingerprint density at radius 3 is 2.77 bits per heavy atom. The van der Waals surface area contributed by atoms with E-state index in [9.17, 15) is 14.0 Å². The van der Waals surface area contributed by atoms with Crippen LogP contribution in [0.1, 0.15) is 53.3 Å². The van der Waals surface area contributed by atoms with Crippen molar-refractivity contribution in [2.24, 2.45) is 0 Å². The van der Waals surface area contributed by atoms with Crippen LogP contribution in [-0.2, 0) is 0 Å². The lowest BCUT2D eigenvalue weighted by Gasteiger charge is -2.44. The molecule has 2 heterocycles. The number of nitrogens with one attached hydrogen (secondary N) is 1. The molecule has 0 unspecified atom stereocenters. The molecule has 7 heteroatoms. The highest BCUT2D eigenvalue weighted by molar-refractivity contribution is 6.08. The minimum absolute atomic E-state index is 0.0331. The number of rotatable bonds is 4. The lowest BCUT2D eigenvalue weighted by molar-refractivity contribution is 0.0656. The predicted octanol–water partition coefficient (Wildman–Crippen LogP) is 4.27. The number of carbonyl (C=O) groups excluding carboxylic acids is 2. The molecule has 0 bridgehead atoms. The fourth-order valence-corrected chi connectivity index (χ4v) is 4.39. The monoisotopic (exact) mass is 411 g/mol. The SMILES string of the molecule is CCN1c2cc(C(=O)Nc3ccc(OC)c(F)c3)ccc2C(=O)N2CCCCC[C@H]21. The summed E-state index contributed by atoms with van der Waals surface area (Å²) in [6.07, 6.45) is 4.20. The highest BCUT2D eigenvalue weighted by Gasteiger charge is 2.37. The van der Waals surface area contributed by atoms with Crippen LogP contribution in [0.15, 0.2) is 36.4 Å². The molecule has 2 amide bonds. The molecule has 1 fully saturated rings. The summed E-state index contributed by atoms with van der Waals surface area (Å²) in [5.41, 5.74) is 2.19. The zero-order chi connectivity index (χ0) is 21.3. The molecule has 2 aromatic carbocycles. The Balaban J connectivity index is 1.63. The Kier molecular flexibility index (Phi) is 5.61. The number of nitrogens with zero attached hydrogens (tertiary/aromatic N) is 2. The molecule has 158 valence electrons. The maximum atomic E-state index is 13.9. The van der Waals surface area contributed by atoms with Gasteiger partial charge in [-0.15, -0.1) is 0 Å². The first kappa shape index (κ1) is 20.2. The Hall–Kier alpha value is -3.09. The van der Waals surface area contributed by atoms with Gasteiger partial charge in [0.15, 0.2) is 11.6 Å².